The average molecular weight is 1080 g/mol. The van der Waals surface area contributed by atoms with Gasteiger partial charge in [-0.25, -0.2) is 0 Å². The van der Waals surface area contributed by atoms with Crippen molar-refractivity contribution in [2.75, 3.05) is 26.9 Å². The number of rotatable bonds is 28. The van der Waals surface area contributed by atoms with Crippen molar-refractivity contribution in [3.8, 4) is 0 Å². The van der Waals surface area contributed by atoms with E-state index in [1.807, 2.05) is 34.8 Å². The third-order valence-electron chi connectivity index (χ3n) is 17.6. The Kier molecular flexibility index (Phi) is 23.7. The second-order valence-electron chi connectivity index (χ2n) is 24.1. The summed E-state index contributed by atoms with van der Waals surface area (Å²) in [6.45, 7) is 36.9. The molecule has 0 aromatic heterocycles. The quantitative estimate of drug-likeness (QED) is 0.0465. The van der Waals surface area contributed by atoms with Crippen LogP contribution in [-0.4, -0.2) is 106 Å². The van der Waals surface area contributed by atoms with E-state index in [1.165, 1.54) is 15.9 Å². The van der Waals surface area contributed by atoms with Crippen molar-refractivity contribution in [2.45, 2.75) is 245 Å². The van der Waals surface area contributed by atoms with Gasteiger partial charge in [0.15, 0.2) is 40.3 Å². The Morgan fingerprint density at radius 3 is 1.92 bits per heavy atom. The number of methoxy groups -OCH3 is 1. The van der Waals surface area contributed by atoms with E-state index in [9.17, 15) is 0 Å². The summed E-state index contributed by atoms with van der Waals surface area (Å²) in [5, 5.41) is 2.36. The lowest BCUT2D eigenvalue weighted by Gasteiger charge is -2.55. The number of carbonyl (C=O) groups is 1. The highest BCUT2D eigenvalue weighted by Crippen LogP contribution is 2.49. The minimum Gasteiger partial charge on any atom is -0.417 e. The smallest absolute Gasteiger partial charge is 0.261 e. The van der Waals surface area contributed by atoms with Crippen molar-refractivity contribution < 1.29 is 46.5 Å². The van der Waals surface area contributed by atoms with E-state index in [-0.39, 0.29) is 59.3 Å². The van der Waals surface area contributed by atoms with E-state index in [1.54, 1.807) is 0 Å². The van der Waals surface area contributed by atoms with E-state index < -0.39 is 42.6 Å². The van der Waals surface area contributed by atoms with Crippen molar-refractivity contribution >= 4 is 41.1 Å². The molecular formula is C61H104O10Si3. The first-order valence-corrected chi connectivity index (χ1v) is 36.1. The fraction of sp³-hybridized carbons (Fsp3) is 0.754. The molecule has 2 saturated heterocycles. The van der Waals surface area contributed by atoms with Gasteiger partial charge in [0, 0.05) is 45.0 Å². The zero-order chi connectivity index (χ0) is 54.5. The van der Waals surface area contributed by atoms with Crippen molar-refractivity contribution in [2.24, 2.45) is 23.7 Å². The maximum Gasteiger partial charge on any atom is 0.261 e. The van der Waals surface area contributed by atoms with Crippen LogP contribution in [0.1, 0.15) is 156 Å². The number of hydrogen-bond acceptors (Lipinski definition) is 10. The monoisotopic (exact) mass is 1080 g/mol. The summed E-state index contributed by atoms with van der Waals surface area (Å²) in [5.74, 6) is -1.79. The van der Waals surface area contributed by atoms with Gasteiger partial charge in [0.05, 0.1) is 31.0 Å². The molecule has 5 rings (SSSR count). The maximum absolute atomic E-state index is 15.4. The van der Waals surface area contributed by atoms with Gasteiger partial charge in [0.1, 0.15) is 6.10 Å². The fourth-order valence-corrected chi connectivity index (χ4v) is 23.3. The molecule has 1 aliphatic carbocycles. The lowest BCUT2D eigenvalue weighted by atomic mass is 9.78. The molecule has 2 heterocycles. The minimum atomic E-state index is -2.84. The van der Waals surface area contributed by atoms with Gasteiger partial charge in [-0.1, -0.05) is 148 Å². The second-order valence-corrected chi connectivity index (χ2v) is 37.8. The normalized spacial score (nSPS) is 26.9. The highest BCUT2D eigenvalue weighted by atomic mass is 28.4. The molecular weight excluding hydrogens is 977 g/mol. The Morgan fingerprint density at radius 1 is 0.811 bits per heavy atom. The standard InChI is InChI=1S/C61H104O10Si3/c1-18-64-48(11)67-51-41-50(38-45(8)37-46(9)43-66-72(19-2,20-3)21-4)61(65-44-51)42-57(68-60(15,16)71-61)47(10)58(70-73(22-5,23-6)24-7)54(62)39-49-35-36-55(56(40-49)63-17)69-74(59(12,13)14,52-31-27-25-28-32-52)53-33-29-26-30-34-53/h25-34,38,46-51,55-58H,18-24,35-37,39-44H2,1-17H3/b45-38+/t46-,47+,48?,49-,50-,51+,55+,56+,57-,58-,61+/m0/s1. The van der Waals surface area contributed by atoms with Gasteiger partial charge in [-0.05, 0) is 130 Å². The topological polar surface area (TPSA) is 100 Å². The van der Waals surface area contributed by atoms with Crippen LogP contribution < -0.4 is 10.4 Å². The van der Waals surface area contributed by atoms with Crippen LogP contribution in [0.3, 0.4) is 0 Å². The molecule has 1 unspecified atom stereocenters. The fourth-order valence-electron chi connectivity index (χ4n) is 12.9. The van der Waals surface area contributed by atoms with E-state index in [4.69, 9.17) is 41.7 Å². The van der Waals surface area contributed by atoms with Crippen LogP contribution in [0.4, 0.5) is 0 Å². The van der Waals surface area contributed by atoms with Crippen molar-refractivity contribution in [3.05, 3.63) is 72.3 Å². The Labute approximate surface area is 453 Å². The predicted molar refractivity (Wildman–Crippen MR) is 310 cm³/mol. The number of ketones is 1. The van der Waals surface area contributed by atoms with Gasteiger partial charge in [-0.15, -0.1) is 0 Å². The highest BCUT2D eigenvalue weighted by molar-refractivity contribution is 6.99. The van der Waals surface area contributed by atoms with Crippen LogP contribution in [0.5, 0.6) is 0 Å². The van der Waals surface area contributed by atoms with Crippen molar-refractivity contribution in [1.29, 1.82) is 0 Å². The summed E-state index contributed by atoms with van der Waals surface area (Å²) >= 11 is 0. The van der Waals surface area contributed by atoms with Crippen LogP contribution in [0.2, 0.25) is 41.3 Å². The number of hydrogen-bond donors (Lipinski definition) is 0. The van der Waals surface area contributed by atoms with Gasteiger partial charge in [0.2, 0.25) is 0 Å². The Balaban J connectivity index is 1.43. The summed E-state index contributed by atoms with van der Waals surface area (Å²) in [6, 6.07) is 28.0. The van der Waals surface area contributed by atoms with Crippen LogP contribution in [0.25, 0.3) is 0 Å². The molecule has 3 aliphatic rings. The molecule has 2 aromatic carbocycles. The zero-order valence-corrected chi connectivity index (χ0v) is 52.5. The Bertz CT molecular complexity index is 1950. The first-order valence-electron chi connectivity index (χ1n) is 29.2. The molecule has 0 radical (unpaired) electrons. The molecule has 420 valence electrons. The van der Waals surface area contributed by atoms with E-state index in [0.717, 1.165) is 68.6 Å². The maximum atomic E-state index is 15.4. The molecule has 10 nitrogen and oxygen atoms in total. The van der Waals surface area contributed by atoms with Crippen molar-refractivity contribution in [3.63, 3.8) is 0 Å². The van der Waals surface area contributed by atoms with E-state index in [2.05, 4.69) is 150 Å². The number of Topliss-reactive ketones (excluding diaryl/α,β-unsaturated/α-hetero) is 1. The molecule has 13 heteroatoms. The van der Waals surface area contributed by atoms with Crippen LogP contribution in [-0.2, 0) is 46.5 Å². The Hall–Kier alpha value is -1.86. The minimum absolute atomic E-state index is 0.118. The van der Waals surface area contributed by atoms with E-state index >= 15 is 4.79 Å². The van der Waals surface area contributed by atoms with Crippen LogP contribution in [0, 0.1) is 23.7 Å². The van der Waals surface area contributed by atoms with Gasteiger partial charge >= 0.3 is 0 Å². The highest BCUT2D eigenvalue weighted by Gasteiger charge is 2.57. The molecule has 11 atom stereocenters. The summed E-state index contributed by atoms with van der Waals surface area (Å²) in [5.41, 5.74) is 1.28. The molecule has 1 saturated carbocycles. The van der Waals surface area contributed by atoms with Crippen LogP contribution >= 0.6 is 0 Å². The predicted octanol–water partition coefficient (Wildman–Crippen LogP) is 13.8. The molecule has 3 fully saturated rings. The van der Waals surface area contributed by atoms with E-state index in [0.29, 0.717) is 38.4 Å². The first-order chi connectivity index (χ1) is 35.1. The van der Waals surface area contributed by atoms with Gasteiger partial charge in [-0.2, -0.15) is 0 Å². The molecule has 0 bridgehead atoms. The van der Waals surface area contributed by atoms with Crippen LogP contribution in [0.15, 0.2) is 72.3 Å². The zero-order valence-electron chi connectivity index (χ0n) is 49.5. The Morgan fingerprint density at radius 2 is 1.39 bits per heavy atom. The lowest BCUT2D eigenvalue weighted by molar-refractivity contribution is -0.430. The molecule has 0 N–H and O–H groups in total. The summed E-state index contributed by atoms with van der Waals surface area (Å²) in [7, 11) is -5.03. The summed E-state index contributed by atoms with van der Waals surface area (Å²) in [4.78, 5) is 15.4. The average Bonchev–Trinajstić information content (AvgIpc) is 3.37. The largest absolute Gasteiger partial charge is 0.417 e. The molecule has 0 amide bonds. The molecule has 2 aromatic rings. The van der Waals surface area contributed by atoms with Crippen molar-refractivity contribution in [1.82, 2.24) is 0 Å². The van der Waals surface area contributed by atoms with Gasteiger partial charge in [-0.3, -0.25) is 4.79 Å². The first kappa shape index (κ1) is 63.0. The second kappa shape index (κ2) is 27.8. The molecule has 1 spiro atoms. The SMILES string of the molecule is CCOC(C)O[C@H]1CO[C@@]2(C[C@@H]([C@@H](C)[C@H](O[Si](CC)(CC)CC)C(=O)C[C@@H]3CC[C@@H](O[Si](c4ccccc4)(c4ccccc4)C(C)(C)C)[C@H](OC)C3)OC(C)(C)O2)[C@@H](/C=C(\C)C[C@H](C)CO[Si](CC)(CC)CC)C1. The third-order valence-corrected chi connectivity index (χ3v) is 31.9. The van der Waals surface area contributed by atoms with Gasteiger partial charge in [0.25, 0.3) is 8.32 Å². The summed E-state index contributed by atoms with van der Waals surface area (Å²) < 4.78 is 61.8. The summed E-state index contributed by atoms with van der Waals surface area (Å²) in [6.07, 6.45) is 5.43. The molecule has 2 aliphatic heterocycles. The third kappa shape index (κ3) is 15.5. The number of carbonyl (C=O) groups excluding carboxylic acids is 1. The lowest BCUT2D eigenvalue weighted by Crippen LogP contribution is -2.68. The number of benzene rings is 2. The molecule has 74 heavy (non-hydrogen) atoms. The number of ether oxygens (including phenoxy) is 6. The number of allylic oxidation sites excluding steroid dienone is 1. The van der Waals surface area contributed by atoms with Gasteiger partial charge < -0.3 is 41.7 Å².